The highest BCUT2D eigenvalue weighted by molar-refractivity contribution is 5.87. The summed E-state index contributed by atoms with van der Waals surface area (Å²) in [7, 11) is 2.07. The summed E-state index contributed by atoms with van der Waals surface area (Å²) < 4.78 is 0. The third-order valence-corrected chi connectivity index (χ3v) is 2.63. The first-order valence-corrected chi connectivity index (χ1v) is 4.39. The molecule has 0 spiro atoms. The quantitative estimate of drug-likeness (QED) is 0.587. The molecule has 0 aromatic heterocycles. The molecule has 1 atom stereocenters. The average molecular weight is 171 g/mol. The van der Waals surface area contributed by atoms with Crippen LogP contribution in [0.15, 0.2) is 43.5 Å². The topological polar surface area (TPSA) is 3.24 Å². The van der Waals surface area contributed by atoms with Gasteiger partial charge in [0.25, 0.3) is 0 Å². The van der Waals surface area contributed by atoms with E-state index >= 15 is 0 Å². The van der Waals surface area contributed by atoms with Crippen LogP contribution in [0, 0.1) is 0 Å². The summed E-state index contributed by atoms with van der Waals surface area (Å²) >= 11 is 0. The molecule has 66 valence electrons. The molecule has 0 fully saturated rings. The van der Waals surface area contributed by atoms with Crippen LogP contribution >= 0.6 is 0 Å². The van der Waals surface area contributed by atoms with Crippen molar-refractivity contribution in [2.75, 3.05) is 11.9 Å². The van der Waals surface area contributed by atoms with Gasteiger partial charge in [-0.3, -0.25) is 0 Å². The number of rotatable bonds is 1. The van der Waals surface area contributed by atoms with Crippen LogP contribution in [0.5, 0.6) is 0 Å². The van der Waals surface area contributed by atoms with Gasteiger partial charge in [0.05, 0.1) is 6.04 Å². The van der Waals surface area contributed by atoms with Gasteiger partial charge in [0.2, 0.25) is 0 Å². The predicted octanol–water partition coefficient (Wildman–Crippen LogP) is 2.70. The van der Waals surface area contributed by atoms with Gasteiger partial charge in [0.15, 0.2) is 0 Å². The molecule has 13 heavy (non-hydrogen) atoms. The molecular formula is C12H13N. The number of anilines is 1. The number of fused-ring (bicyclic) bond motifs is 1. The molecule has 2 rings (SSSR count). The Morgan fingerprint density at radius 1 is 1.38 bits per heavy atom. The van der Waals surface area contributed by atoms with Crippen LogP contribution in [0.25, 0.3) is 5.57 Å². The molecule has 1 aromatic carbocycles. The van der Waals surface area contributed by atoms with E-state index in [0.717, 1.165) is 5.57 Å². The summed E-state index contributed by atoms with van der Waals surface area (Å²) in [6.45, 7) is 7.91. The Morgan fingerprint density at radius 3 is 2.69 bits per heavy atom. The first-order chi connectivity index (χ1) is 6.25. The van der Waals surface area contributed by atoms with Gasteiger partial charge in [-0.05, 0) is 11.6 Å². The third-order valence-electron chi connectivity index (χ3n) is 2.63. The van der Waals surface area contributed by atoms with E-state index in [9.17, 15) is 0 Å². The number of hydrogen-bond donors (Lipinski definition) is 0. The SMILES string of the molecule is C=CC1C(=C)c2ccccc2N1C. The summed E-state index contributed by atoms with van der Waals surface area (Å²) in [6.07, 6.45) is 1.93. The Kier molecular flexibility index (Phi) is 1.73. The predicted molar refractivity (Wildman–Crippen MR) is 57.9 cm³/mol. The molecule has 0 saturated heterocycles. The summed E-state index contributed by atoms with van der Waals surface area (Å²) in [5, 5.41) is 0. The van der Waals surface area contributed by atoms with Gasteiger partial charge < -0.3 is 4.90 Å². The monoisotopic (exact) mass is 171 g/mol. The number of hydrogen-bond acceptors (Lipinski definition) is 1. The van der Waals surface area contributed by atoms with E-state index < -0.39 is 0 Å². The minimum atomic E-state index is 0.261. The summed E-state index contributed by atoms with van der Waals surface area (Å²) in [5.74, 6) is 0. The van der Waals surface area contributed by atoms with Gasteiger partial charge in [0, 0.05) is 18.3 Å². The number of para-hydroxylation sites is 1. The van der Waals surface area contributed by atoms with Gasteiger partial charge in [-0.2, -0.15) is 0 Å². The molecule has 1 aliphatic rings. The second-order valence-corrected chi connectivity index (χ2v) is 3.33. The van der Waals surface area contributed by atoms with Crippen LogP contribution in [0.4, 0.5) is 5.69 Å². The lowest BCUT2D eigenvalue weighted by atomic mass is 10.0. The lowest BCUT2D eigenvalue weighted by molar-refractivity contribution is 0.950. The highest BCUT2D eigenvalue weighted by Crippen LogP contribution is 2.38. The molecular weight excluding hydrogens is 158 g/mol. The molecule has 0 bridgehead atoms. The zero-order valence-electron chi connectivity index (χ0n) is 7.83. The number of nitrogens with zero attached hydrogens (tertiary/aromatic N) is 1. The second kappa shape index (κ2) is 2.77. The van der Waals surface area contributed by atoms with Crippen LogP contribution in [0.2, 0.25) is 0 Å². The van der Waals surface area contributed by atoms with Gasteiger partial charge in [-0.25, -0.2) is 0 Å². The van der Waals surface area contributed by atoms with Gasteiger partial charge in [0.1, 0.15) is 0 Å². The summed E-state index contributed by atoms with van der Waals surface area (Å²) in [6, 6.07) is 8.58. The lowest BCUT2D eigenvalue weighted by Crippen LogP contribution is -2.24. The highest BCUT2D eigenvalue weighted by Gasteiger charge is 2.26. The molecule has 0 N–H and O–H groups in total. The highest BCUT2D eigenvalue weighted by atomic mass is 15.2. The van der Waals surface area contributed by atoms with Crippen molar-refractivity contribution in [1.29, 1.82) is 0 Å². The molecule has 1 heterocycles. The molecule has 1 nitrogen and oxygen atoms in total. The van der Waals surface area contributed by atoms with Crippen molar-refractivity contribution in [1.82, 2.24) is 0 Å². The average Bonchev–Trinajstić information content (AvgIpc) is 2.41. The fourth-order valence-electron chi connectivity index (χ4n) is 1.90. The zero-order valence-corrected chi connectivity index (χ0v) is 7.83. The maximum absolute atomic E-state index is 4.09. The fraction of sp³-hybridized carbons (Fsp3) is 0.167. The van der Waals surface area contributed by atoms with Crippen LogP contribution < -0.4 is 4.90 Å². The molecule has 1 unspecified atom stereocenters. The first kappa shape index (κ1) is 8.11. The van der Waals surface area contributed by atoms with Gasteiger partial charge >= 0.3 is 0 Å². The fourth-order valence-corrected chi connectivity index (χ4v) is 1.90. The molecule has 1 aromatic rings. The Morgan fingerprint density at radius 2 is 2.08 bits per heavy atom. The minimum Gasteiger partial charge on any atom is -0.364 e. The molecule has 0 radical (unpaired) electrons. The minimum absolute atomic E-state index is 0.261. The van der Waals surface area contributed by atoms with Gasteiger partial charge in [-0.1, -0.05) is 30.9 Å². The van der Waals surface area contributed by atoms with E-state index in [1.54, 1.807) is 0 Å². The molecule has 1 heteroatoms. The maximum atomic E-state index is 4.09. The van der Waals surface area contributed by atoms with Crippen molar-refractivity contribution >= 4 is 11.3 Å². The van der Waals surface area contributed by atoms with Crippen LogP contribution in [0.3, 0.4) is 0 Å². The second-order valence-electron chi connectivity index (χ2n) is 3.33. The van der Waals surface area contributed by atoms with Crippen LogP contribution in [-0.2, 0) is 0 Å². The van der Waals surface area contributed by atoms with E-state index in [4.69, 9.17) is 0 Å². The first-order valence-electron chi connectivity index (χ1n) is 4.39. The van der Waals surface area contributed by atoms with E-state index in [1.165, 1.54) is 11.3 Å². The van der Waals surface area contributed by atoms with Crippen molar-refractivity contribution in [3.63, 3.8) is 0 Å². The van der Waals surface area contributed by atoms with E-state index in [-0.39, 0.29) is 6.04 Å². The Balaban J connectivity index is 2.56. The summed E-state index contributed by atoms with van der Waals surface area (Å²) in [5.41, 5.74) is 3.64. The van der Waals surface area contributed by atoms with Crippen LogP contribution in [0.1, 0.15) is 5.56 Å². The Labute approximate surface area is 79.0 Å². The smallest absolute Gasteiger partial charge is 0.0721 e. The van der Waals surface area contributed by atoms with Gasteiger partial charge in [-0.15, -0.1) is 6.58 Å². The molecule has 0 amide bonds. The third kappa shape index (κ3) is 1.00. The van der Waals surface area contributed by atoms with Crippen molar-refractivity contribution in [2.45, 2.75) is 6.04 Å². The van der Waals surface area contributed by atoms with Crippen LogP contribution in [-0.4, -0.2) is 13.1 Å². The Bertz CT molecular complexity index is 365. The van der Waals surface area contributed by atoms with Crippen molar-refractivity contribution in [3.8, 4) is 0 Å². The van der Waals surface area contributed by atoms with E-state index in [1.807, 2.05) is 18.2 Å². The molecule has 0 saturated carbocycles. The maximum Gasteiger partial charge on any atom is 0.0721 e. The van der Waals surface area contributed by atoms with Crippen molar-refractivity contribution in [3.05, 3.63) is 49.1 Å². The zero-order chi connectivity index (χ0) is 9.42. The lowest BCUT2D eigenvalue weighted by Gasteiger charge is -2.19. The molecule has 0 aliphatic carbocycles. The Hall–Kier alpha value is -1.50. The largest absolute Gasteiger partial charge is 0.364 e. The van der Waals surface area contributed by atoms with E-state index in [2.05, 4.69) is 37.2 Å². The van der Waals surface area contributed by atoms with Crippen molar-refractivity contribution in [2.24, 2.45) is 0 Å². The normalized spacial score (nSPS) is 20.2. The molecule has 1 aliphatic heterocycles. The number of likely N-dealkylation sites (N-methyl/N-ethyl adjacent to an activating group) is 1. The summed E-state index contributed by atoms with van der Waals surface area (Å²) in [4.78, 5) is 2.20. The van der Waals surface area contributed by atoms with Crippen molar-refractivity contribution < 1.29 is 0 Å². The number of benzene rings is 1. The standard InChI is InChI=1S/C12H13N/c1-4-11-9(2)10-7-5-6-8-12(10)13(11)3/h4-8,11H,1-2H2,3H3. The van der Waals surface area contributed by atoms with E-state index in [0.29, 0.717) is 0 Å².